The van der Waals surface area contributed by atoms with Gasteiger partial charge in [0.25, 0.3) is 0 Å². The number of hydrogen-bond donors (Lipinski definition) is 0. The summed E-state index contributed by atoms with van der Waals surface area (Å²) in [6.45, 7) is 1.11. The first-order valence-corrected chi connectivity index (χ1v) is 9.66. The van der Waals surface area contributed by atoms with Crippen LogP contribution in [0.1, 0.15) is 24.3 Å². The summed E-state index contributed by atoms with van der Waals surface area (Å²) in [5, 5.41) is 4.24. The maximum atomic E-state index is 12.8. The lowest BCUT2D eigenvalue weighted by atomic mass is 9.92. The van der Waals surface area contributed by atoms with Gasteiger partial charge in [-0.2, -0.15) is 15.6 Å². The highest BCUT2D eigenvalue weighted by molar-refractivity contribution is 7.89. The largest absolute Gasteiger partial charge is 0.495 e. The fraction of sp³-hybridized carbons (Fsp3) is 0.375. The Kier molecular flexibility index (Phi) is 4.52. The van der Waals surface area contributed by atoms with Crippen LogP contribution >= 0.6 is 11.3 Å². The zero-order valence-corrected chi connectivity index (χ0v) is 14.1. The maximum Gasteiger partial charge on any atom is 0.246 e. The third-order valence-corrected chi connectivity index (χ3v) is 6.79. The second kappa shape index (κ2) is 6.40. The number of ether oxygens (including phenoxy) is 1. The first-order chi connectivity index (χ1) is 10.6. The topological polar surface area (TPSA) is 46.6 Å². The number of methoxy groups -OCH3 is 1. The molecule has 0 radical (unpaired) electrons. The summed E-state index contributed by atoms with van der Waals surface area (Å²) in [4.78, 5) is 0.256. The molecule has 1 aliphatic rings. The number of rotatable bonds is 4. The van der Waals surface area contributed by atoms with E-state index in [1.807, 2.05) is 0 Å². The smallest absolute Gasteiger partial charge is 0.246 e. The van der Waals surface area contributed by atoms with Crippen molar-refractivity contribution in [1.82, 2.24) is 4.31 Å². The van der Waals surface area contributed by atoms with Crippen LogP contribution in [0.15, 0.2) is 46.0 Å². The van der Waals surface area contributed by atoms with E-state index in [0.717, 1.165) is 12.8 Å². The quantitative estimate of drug-likeness (QED) is 0.860. The SMILES string of the molecule is COc1ccccc1S(=O)(=O)N1CCC(c2ccsc2)CC1. The molecule has 0 spiro atoms. The highest BCUT2D eigenvalue weighted by Crippen LogP contribution is 2.33. The van der Waals surface area contributed by atoms with Crippen LogP contribution in [0.5, 0.6) is 5.75 Å². The van der Waals surface area contributed by atoms with E-state index < -0.39 is 10.0 Å². The minimum atomic E-state index is -3.49. The molecule has 0 N–H and O–H groups in total. The molecule has 0 aliphatic carbocycles. The highest BCUT2D eigenvalue weighted by atomic mass is 32.2. The molecule has 1 aromatic heterocycles. The van der Waals surface area contributed by atoms with Crippen LogP contribution in [0.3, 0.4) is 0 Å². The second-order valence-electron chi connectivity index (χ2n) is 5.39. The average Bonchev–Trinajstić information content (AvgIpc) is 3.09. The Morgan fingerprint density at radius 2 is 1.91 bits per heavy atom. The Balaban J connectivity index is 1.77. The lowest BCUT2D eigenvalue weighted by Gasteiger charge is -2.31. The van der Waals surface area contributed by atoms with E-state index in [1.165, 1.54) is 12.7 Å². The van der Waals surface area contributed by atoms with Gasteiger partial charge in [0.15, 0.2) is 0 Å². The van der Waals surface area contributed by atoms with Crippen LogP contribution < -0.4 is 4.74 Å². The van der Waals surface area contributed by atoms with Gasteiger partial charge in [0.2, 0.25) is 10.0 Å². The van der Waals surface area contributed by atoms with Crippen LogP contribution in [0.2, 0.25) is 0 Å². The van der Waals surface area contributed by atoms with Gasteiger partial charge in [0.05, 0.1) is 7.11 Å². The maximum absolute atomic E-state index is 12.8. The minimum Gasteiger partial charge on any atom is -0.495 e. The van der Waals surface area contributed by atoms with Crippen molar-refractivity contribution < 1.29 is 13.2 Å². The van der Waals surface area contributed by atoms with Crippen molar-refractivity contribution in [2.45, 2.75) is 23.7 Å². The Hall–Kier alpha value is -1.37. The minimum absolute atomic E-state index is 0.256. The highest BCUT2D eigenvalue weighted by Gasteiger charge is 2.31. The number of benzene rings is 1. The van der Waals surface area contributed by atoms with E-state index in [9.17, 15) is 8.42 Å². The van der Waals surface area contributed by atoms with E-state index in [1.54, 1.807) is 39.9 Å². The monoisotopic (exact) mass is 337 g/mol. The van der Waals surface area contributed by atoms with Gasteiger partial charge in [-0.25, -0.2) is 8.42 Å². The molecule has 0 unspecified atom stereocenters. The third-order valence-electron chi connectivity index (χ3n) is 4.16. The van der Waals surface area contributed by atoms with Gasteiger partial charge in [-0.05, 0) is 53.3 Å². The summed E-state index contributed by atoms with van der Waals surface area (Å²) in [6.07, 6.45) is 1.73. The second-order valence-corrected chi connectivity index (χ2v) is 8.07. The fourth-order valence-corrected chi connectivity index (χ4v) is 5.28. The molecule has 4 nitrogen and oxygen atoms in total. The van der Waals surface area contributed by atoms with Gasteiger partial charge in [-0.3, -0.25) is 0 Å². The number of piperidine rings is 1. The van der Waals surface area contributed by atoms with Crippen molar-refractivity contribution >= 4 is 21.4 Å². The van der Waals surface area contributed by atoms with Crippen LogP contribution in [-0.4, -0.2) is 32.9 Å². The van der Waals surface area contributed by atoms with Gasteiger partial charge in [-0.1, -0.05) is 12.1 Å². The van der Waals surface area contributed by atoms with Crippen LogP contribution in [0.25, 0.3) is 0 Å². The fourth-order valence-electron chi connectivity index (χ4n) is 2.91. The summed E-state index contributed by atoms with van der Waals surface area (Å²) in [5.74, 6) is 0.873. The molecule has 118 valence electrons. The van der Waals surface area contributed by atoms with E-state index in [-0.39, 0.29) is 4.90 Å². The molecule has 1 aromatic carbocycles. The first kappa shape index (κ1) is 15.5. The molecule has 1 aliphatic heterocycles. The Morgan fingerprint density at radius 3 is 2.55 bits per heavy atom. The van der Waals surface area contributed by atoms with Gasteiger partial charge in [-0.15, -0.1) is 0 Å². The van der Waals surface area contributed by atoms with E-state index in [4.69, 9.17) is 4.74 Å². The molecular weight excluding hydrogens is 318 g/mol. The standard InChI is InChI=1S/C16H19NO3S2/c1-20-15-4-2-3-5-16(15)22(18,19)17-9-6-13(7-10-17)14-8-11-21-12-14/h2-5,8,11-13H,6-7,9-10H2,1H3. The van der Waals surface area contributed by atoms with Gasteiger partial charge >= 0.3 is 0 Å². The van der Waals surface area contributed by atoms with Crippen molar-refractivity contribution in [3.05, 3.63) is 46.7 Å². The summed E-state index contributed by atoms with van der Waals surface area (Å²) < 4.78 is 32.4. The molecule has 6 heteroatoms. The van der Waals surface area contributed by atoms with Crippen LogP contribution in [0.4, 0.5) is 0 Å². The molecule has 0 amide bonds. The Bertz CT molecular complexity index is 718. The molecule has 3 rings (SSSR count). The Morgan fingerprint density at radius 1 is 1.18 bits per heavy atom. The number of thiophene rings is 1. The van der Waals surface area contributed by atoms with E-state index in [0.29, 0.717) is 24.8 Å². The zero-order valence-electron chi connectivity index (χ0n) is 12.4. The van der Waals surface area contributed by atoms with E-state index in [2.05, 4.69) is 16.8 Å². The number of nitrogens with zero attached hydrogens (tertiary/aromatic N) is 1. The average molecular weight is 337 g/mol. The first-order valence-electron chi connectivity index (χ1n) is 7.28. The van der Waals surface area contributed by atoms with E-state index >= 15 is 0 Å². The number of sulfonamides is 1. The van der Waals surface area contributed by atoms with Gasteiger partial charge in [0, 0.05) is 13.1 Å². The van der Waals surface area contributed by atoms with Crippen LogP contribution in [0, 0.1) is 0 Å². The summed E-state index contributed by atoms with van der Waals surface area (Å²) in [6, 6.07) is 8.94. The summed E-state index contributed by atoms with van der Waals surface area (Å²) >= 11 is 1.69. The molecule has 0 bridgehead atoms. The molecule has 2 aromatic rings. The predicted octanol–water partition coefficient (Wildman–Crippen LogP) is 3.33. The van der Waals surface area contributed by atoms with Crippen LogP contribution in [-0.2, 0) is 10.0 Å². The molecule has 2 heterocycles. The lowest BCUT2D eigenvalue weighted by Crippen LogP contribution is -2.37. The molecule has 22 heavy (non-hydrogen) atoms. The van der Waals surface area contributed by atoms with Gasteiger partial charge in [0.1, 0.15) is 10.6 Å². The number of para-hydroxylation sites is 1. The molecule has 1 fully saturated rings. The molecule has 1 saturated heterocycles. The van der Waals surface area contributed by atoms with Crippen molar-refractivity contribution in [2.24, 2.45) is 0 Å². The normalized spacial score (nSPS) is 17.5. The molecule has 0 saturated carbocycles. The van der Waals surface area contributed by atoms with Crippen molar-refractivity contribution in [3.63, 3.8) is 0 Å². The van der Waals surface area contributed by atoms with Crippen molar-refractivity contribution in [1.29, 1.82) is 0 Å². The van der Waals surface area contributed by atoms with Gasteiger partial charge < -0.3 is 4.74 Å². The lowest BCUT2D eigenvalue weighted by molar-refractivity contribution is 0.317. The molecular formula is C16H19NO3S2. The Labute approximate surface area is 135 Å². The third kappa shape index (κ3) is 2.91. The summed E-state index contributed by atoms with van der Waals surface area (Å²) in [5.41, 5.74) is 1.33. The zero-order chi connectivity index (χ0) is 15.6. The van der Waals surface area contributed by atoms with Crippen molar-refractivity contribution in [3.8, 4) is 5.75 Å². The predicted molar refractivity (Wildman–Crippen MR) is 88.0 cm³/mol. The van der Waals surface area contributed by atoms with Crippen molar-refractivity contribution in [2.75, 3.05) is 20.2 Å². The summed E-state index contributed by atoms with van der Waals surface area (Å²) in [7, 11) is -1.99. The molecule has 0 atom stereocenters. The number of hydrogen-bond acceptors (Lipinski definition) is 4.